The van der Waals surface area contributed by atoms with Crippen LogP contribution in [-0.2, 0) is 14.3 Å². The number of aliphatic hydroxyl groups excluding tert-OH is 1. The summed E-state index contributed by atoms with van der Waals surface area (Å²) in [5.74, 6) is -2.87. The molecule has 7 atom stereocenters. The standard InChI is InChI=1S/C20H26O6/c1-10-8-19-9-20(10,25)7-6-12(19)11-4-5-13(21)18(2,17(23)24)14(11)15(19)16(22)26-3/h4,12-15,21,25H,1,5-9H2,2-3H3,(H,23,24)/t12-,13-,14+,15+,18+,19-,20-/m0/s1. The summed E-state index contributed by atoms with van der Waals surface area (Å²) < 4.78 is 5.10. The van der Waals surface area contributed by atoms with Crippen molar-refractivity contribution in [2.75, 3.05) is 7.11 Å². The molecule has 0 aromatic rings. The van der Waals surface area contributed by atoms with Crippen LogP contribution in [0.15, 0.2) is 23.8 Å². The lowest BCUT2D eigenvalue weighted by Crippen LogP contribution is -2.52. The van der Waals surface area contributed by atoms with Crippen molar-refractivity contribution in [1.29, 1.82) is 0 Å². The second-order valence-corrected chi connectivity index (χ2v) is 8.84. The first kappa shape index (κ1) is 17.7. The molecule has 3 fully saturated rings. The fourth-order valence-electron chi connectivity index (χ4n) is 6.59. The Labute approximate surface area is 152 Å². The van der Waals surface area contributed by atoms with Crippen molar-refractivity contribution in [3.8, 4) is 0 Å². The summed E-state index contributed by atoms with van der Waals surface area (Å²) >= 11 is 0. The van der Waals surface area contributed by atoms with Gasteiger partial charge in [-0.3, -0.25) is 9.59 Å². The van der Waals surface area contributed by atoms with Gasteiger partial charge in [-0.2, -0.15) is 0 Å². The predicted octanol–water partition coefficient (Wildman–Crippen LogP) is 1.66. The molecule has 0 aliphatic heterocycles. The van der Waals surface area contributed by atoms with Gasteiger partial charge in [0.1, 0.15) is 0 Å². The monoisotopic (exact) mass is 362 g/mol. The molecular weight excluding hydrogens is 336 g/mol. The Morgan fingerprint density at radius 2 is 2.08 bits per heavy atom. The Hall–Kier alpha value is -1.66. The van der Waals surface area contributed by atoms with Gasteiger partial charge in [0, 0.05) is 5.92 Å². The lowest BCUT2D eigenvalue weighted by Gasteiger charge is -2.43. The lowest BCUT2D eigenvalue weighted by atomic mass is 9.60. The molecule has 1 spiro atoms. The number of allylic oxidation sites excluding steroid dienone is 1. The SMILES string of the molecule is C=C1C[C@]23C[C@@]1(O)CC[C@H]2C1=CC[C@H](O)[C@@](C)(C(=O)O)[C@H]1[C@@H]3C(=O)OC. The van der Waals surface area contributed by atoms with E-state index in [2.05, 4.69) is 6.58 Å². The van der Waals surface area contributed by atoms with E-state index >= 15 is 0 Å². The van der Waals surface area contributed by atoms with Gasteiger partial charge in [-0.15, -0.1) is 0 Å². The molecule has 0 radical (unpaired) electrons. The summed E-state index contributed by atoms with van der Waals surface area (Å²) in [5.41, 5.74) is -1.35. The highest BCUT2D eigenvalue weighted by Crippen LogP contribution is 2.73. The molecule has 142 valence electrons. The van der Waals surface area contributed by atoms with E-state index in [1.807, 2.05) is 6.08 Å². The smallest absolute Gasteiger partial charge is 0.312 e. The summed E-state index contributed by atoms with van der Waals surface area (Å²) in [5, 5.41) is 31.6. The molecule has 0 aromatic carbocycles. The number of hydrogen-bond acceptors (Lipinski definition) is 5. The van der Waals surface area contributed by atoms with Crippen molar-refractivity contribution in [3.63, 3.8) is 0 Å². The molecule has 2 bridgehead atoms. The van der Waals surface area contributed by atoms with Crippen molar-refractivity contribution in [3.05, 3.63) is 23.8 Å². The number of carboxylic acid groups (broad SMARTS) is 1. The molecule has 3 N–H and O–H groups in total. The number of rotatable bonds is 2. The topological polar surface area (TPSA) is 104 Å². The van der Waals surface area contributed by atoms with Crippen LogP contribution >= 0.6 is 0 Å². The van der Waals surface area contributed by atoms with Crippen molar-refractivity contribution in [2.45, 2.75) is 50.7 Å². The number of esters is 1. The van der Waals surface area contributed by atoms with Gasteiger partial charge < -0.3 is 20.1 Å². The van der Waals surface area contributed by atoms with Gasteiger partial charge in [-0.25, -0.2) is 0 Å². The Kier molecular flexibility index (Phi) is 3.55. The van der Waals surface area contributed by atoms with Crippen molar-refractivity contribution in [1.82, 2.24) is 0 Å². The molecule has 6 heteroatoms. The van der Waals surface area contributed by atoms with Crippen LogP contribution < -0.4 is 0 Å². The van der Waals surface area contributed by atoms with E-state index in [1.165, 1.54) is 14.0 Å². The second kappa shape index (κ2) is 5.20. The molecule has 4 aliphatic rings. The first-order valence-corrected chi connectivity index (χ1v) is 9.21. The van der Waals surface area contributed by atoms with Crippen LogP contribution in [0.4, 0.5) is 0 Å². The fourth-order valence-corrected chi connectivity index (χ4v) is 6.59. The van der Waals surface area contributed by atoms with Gasteiger partial charge >= 0.3 is 11.9 Å². The van der Waals surface area contributed by atoms with Crippen LogP contribution in [0.3, 0.4) is 0 Å². The average Bonchev–Trinajstić information content (AvgIpc) is 2.97. The molecule has 0 amide bonds. The zero-order valence-electron chi connectivity index (χ0n) is 15.2. The van der Waals surface area contributed by atoms with Crippen molar-refractivity contribution < 1.29 is 29.6 Å². The largest absolute Gasteiger partial charge is 0.481 e. The zero-order chi connectivity index (χ0) is 19.1. The van der Waals surface area contributed by atoms with Crippen LogP contribution in [0, 0.1) is 28.6 Å². The Balaban J connectivity index is 1.94. The van der Waals surface area contributed by atoms with Gasteiger partial charge in [0.2, 0.25) is 0 Å². The molecule has 3 saturated carbocycles. The maximum absolute atomic E-state index is 12.9. The van der Waals surface area contributed by atoms with E-state index in [-0.39, 0.29) is 12.3 Å². The summed E-state index contributed by atoms with van der Waals surface area (Å²) in [4.78, 5) is 25.1. The number of methoxy groups -OCH3 is 1. The first-order valence-electron chi connectivity index (χ1n) is 9.21. The van der Waals surface area contributed by atoms with E-state index in [4.69, 9.17) is 4.74 Å². The van der Waals surface area contributed by atoms with Crippen LogP contribution in [0.25, 0.3) is 0 Å². The third-order valence-corrected chi connectivity index (χ3v) is 7.91. The number of aliphatic carboxylic acids is 1. The summed E-state index contributed by atoms with van der Waals surface area (Å²) in [6.45, 7) is 5.60. The van der Waals surface area contributed by atoms with E-state index in [9.17, 15) is 24.9 Å². The van der Waals surface area contributed by atoms with E-state index in [0.29, 0.717) is 25.7 Å². The Morgan fingerprint density at radius 1 is 1.38 bits per heavy atom. The highest BCUT2D eigenvalue weighted by atomic mass is 16.5. The van der Waals surface area contributed by atoms with Gasteiger partial charge in [0.05, 0.1) is 30.1 Å². The third kappa shape index (κ3) is 1.84. The molecule has 4 rings (SSSR count). The zero-order valence-corrected chi connectivity index (χ0v) is 15.2. The maximum Gasteiger partial charge on any atom is 0.312 e. The van der Waals surface area contributed by atoms with E-state index < -0.39 is 46.3 Å². The molecule has 0 aromatic heterocycles. The van der Waals surface area contributed by atoms with Crippen LogP contribution in [-0.4, -0.2) is 46.1 Å². The number of carbonyl (C=O) groups excluding carboxylic acids is 1. The number of carbonyl (C=O) groups is 2. The van der Waals surface area contributed by atoms with Gasteiger partial charge in [-0.05, 0) is 55.9 Å². The Bertz CT molecular complexity index is 741. The second-order valence-electron chi connectivity index (χ2n) is 8.84. The number of fused-ring (bicyclic) bond motifs is 3. The van der Waals surface area contributed by atoms with Crippen LogP contribution in [0.2, 0.25) is 0 Å². The normalized spacial score (nSPS) is 49.2. The minimum absolute atomic E-state index is 0.0160. The quantitative estimate of drug-likeness (QED) is 0.510. The lowest BCUT2D eigenvalue weighted by molar-refractivity contribution is -0.168. The van der Waals surface area contributed by atoms with Gasteiger partial charge in [0.25, 0.3) is 0 Å². The van der Waals surface area contributed by atoms with Gasteiger partial charge in [-0.1, -0.05) is 18.2 Å². The van der Waals surface area contributed by atoms with Crippen molar-refractivity contribution >= 4 is 11.9 Å². The van der Waals surface area contributed by atoms with Crippen LogP contribution in [0.5, 0.6) is 0 Å². The number of ether oxygens (including phenoxy) is 1. The predicted molar refractivity (Wildman–Crippen MR) is 91.9 cm³/mol. The fraction of sp³-hybridized carbons (Fsp3) is 0.700. The molecule has 6 nitrogen and oxygen atoms in total. The van der Waals surface area contributed by atoms with Crippen molar-refractivity contribution in [2.24, 2.45) is 28.6 Å². The molecule has 26 heavy (non-hydrogen) atoms. The molecule has 0 heterocycles. The summed E-state index contributed by atoms with van der Waals surface area (Å²) in [7, 11) is 1.31. The summed E-state index contributed by atoms with van der Waals surface area (Å²) in [6, 6.07) is 0. The Morgan fingerprint density at radius 3 is 2.69 bits per heavy atom. The molecule has 0 unspecified atom stereocenters. The highest BCUT2D eigenvalue weighted by molar-refractivity contribution is 5.82. The molecule has 0 saturated heterocycles. The van der Waals surface area contributed by atoms with E-state index in [1.54, 1.807) is 0 Å². The van der Waals surface area contributed by atoms with Crippen LogP contribution in [0.1, 0.15) is 39.0 Å². The highest BCUT2D eigenvalue weighted by Gasteiger charge is 2.73. The van der Waals surface area contributed by atoms with Gasteiger partial charge in [0.15, 0.2) is 0 Å². The minimum atomic E-state index is -1.46. The average molecular weight is 362 g/mol. The number of carboxylic acids is 1. The maximum atomic E-state index is 12.9. The molecular formula is C20H26O6. The number of hydrogen-bond donors (Lipinski definition) is 3. The number of aliphatic hydroxyl groups is 2. The summed E-state index contributed by atoms with van der Waals surface area (Å²) in [6.07, 6.45) is 3.29. The minimum Gasteiger partial charge on any atom is -0.481 e. The first-order chi connectivity index (χ1) is 12.1. The third-order valence-electron chi connectivity index (χ3n) is 7.91. The van der Waals surface area contributed by atoms with E-state index in [0.717, 1.165) is 11.1 Å². The molecule has 4 aliphatic carbocycles.